The molecule has 1 heterocycles. The molecule has 0 spiro atoms. The van der Waals surface area contributed by atoms with E-state index in [-0.39, 0.29) is 32.7 Å². The van der Waals surface area contributed by atoms with Crippen LogP contribution in [0.1, 0.15) is 0 Å². The van der Waals surface area contributed by atoms with Crippen molar-refractivity contribution in [2.75, 3.05) is 32.7 Å². The molecule has 1 fully saturated rings. The van der Waals surface area contributed by atoms with Gasteiger partial charge in [0.1, 0.15) is 0 Å². The lowest BCUT2D eigenvalue weighted by Crippen LogP contribution is -2.52. The van der Waals surface area contributed by atoms with E-state index in [2.05, 4.69) is 0 Å². The molecule has 0 amide bonds. The van der Waals surface area contributed by atoms with E-state index >= 15 is 0 Å². The van der Waals surface area contributed by atoms with Crippen LogP contribution in [0.3, 0.4) is 0 Å². The summed E-state index contributed by atoms with van der Waals surface area (Å²) >= 11 is 0. The number of nitrogens with zero attached hydrogens (tertiary/aromatic N) is 2. The molecule has 0 unspecified atom stereocenters. The Balaban J connectivity index is 2.61. The third-order valence-corrected chi connectivity index (χ3v) is 3.95. The quantitative estimate of drug-likeness (QED) is 0.754. The van der Waals surface area contributed by atoms with E-state index in [1.54, 1.807) is 0 Å². The van der Waals surface area contributed by atoms with E-state index < -0.39 is 21.5 Å². The Labute approximate surface area is 95.7 Å². The van der Waals surface area contributed by atoms with Gasteiger partial charge in [0.15, 0.2) is 0 Å². The number of carbonyl (C=O) groups is 1. The lowest BCUT2D eigenvalue weighted by molar-refractivity contribution is -0.138. The lowest BCUT2D eigenvalue weighted by atomic mass is 10.3. The molecule has 0 bridgehead atoms. The number of rotatable bonds is 3. The first-order chi connectivity index (χ1) is 7.64. The van der Waals surface area contributed by atoms with Gasteiger partial charge in [-0.15, -0.1) is 0 Å². The second kappa shape index (κ2) is 4.78. The summed E-state index contributed by atoms with van der Waals surface area (Å²) in [6.07, 6.45) is 0. The van der Waals surface area contributed by atoms with Gasteiger partial charge in [0, 0.05) is 26.2 Å². The maximum absolute atomic E-state index is 12.2. The van der Waals surface area contributed by atoms with E-state index in [4.69, 9.17) is 5.11 Å². The summed E-state index contributed by atoms with van der Waals surface area (Å²) < 4.78 is 58.9. The molecule has 100 valence electrons. The summed E-state index contributed by atoms with van der Waals surface area (Å²) in [5.41, 5.74) is -5.30. The summed E-state index contributed by atoms with van der Waals surface area (Å²) in [6.45, 7) is -1.06. The molecule has 0 radical (unpaired) electrons. The van der Waals surface area contributed by atoms with Crippen molar-refractivity contribution in [1.82, 2.24) is 9.21 Å². The maximum Gasteiger partial charge on any atom is 0.511 e. The highest BCUT2D eigenvalue weighted by Gasteiger charge is 2.50. The van der Waals surface area contributed by atoms with Crippen LogP contribution in [0.5, 0.6) is 0 Å². The van der Waals surface area contributed by atoms with E-state index in [1.807, 2.05) is 0 Å². The fourth-order valence-corrected chi connectivity index (χ4v) is 2.40. The molecule has 1 aliphatic rings. The standard InChI is InChI=1S/C7H11F3N2O4S/c8-7(9,10)17(15,16)12-3-1-11(2-4-12)5-6(13)14/h1-5H2,(H,13,14). The Morgan fingerprint density at radius 3 is 2.00 bits per heavy atom. The molecule has 0 aromatic heterocycles. The SMILES string of the molecule is O=C(O)CN1CCN(S(=O)(=O)C(F)(F)F)CC1. The molecule has 1 saturated heterocycles. The highest BCUT2D eigenvalue weighted by Crippen LogP contribution is 2.27. The molecule has 1 N–H and O–H groups in total. The molecule has 1 aliphatic heterocycles. The number of halogens is 3. The number of carboxylic acid groups (broad SMARTS) is 1. The van der Waals surface area contributed by atoms with Crippen LogP contribution >= 0.6 is 0 Å². The zero-order valence-corrected chi connectivity index (χ0v) is 9.46. The van der Waals surface area contributed by atoms with Crippen molar-refractivity contribution < 1.29 is 31.5 Å². The lowest BCUT2D eigenvalue weighted by Gasteiger charge is -2.33. The Kier molecular flexibility index (Phi) is 3.99. The zero-order valence-electron chi connectivity index (χ0n) is 8.64. The minimum Gasteiger partial charge on any atom is -0.480 e. The highest BCUT2D eigenvalue weighted by molar-refractivity contribution is 7.90. The zero-order chi connectivity index (χ0) is 13.3. The fraction of sp³-hybridized carbons (Fsp3) is 0.857. The van der Waals surface area contributed by atoms with E-state index in [1.165, 1.54) is 4.90 Å². The van der Waals surface area contributed by atoms with Crippen molar-refractivity contribution in [2.45, 2.75) is 5.51 Å². The van der Waals surface area contributed by atoms with Crippen LogP contribution in [0.15, 0.2) is 0 Å². The van der Waals surface area contributed by atoms with Crippen LogP contribution in [0.2, 0.25) is 0 Å². The van der Waals surface area contributed by atoms with Crippen molar-refractivity contribution in [1.29, 1.82) is 0 Å². The van der Waals surface area contributed by atoms with Gasteiger partial charge in [-0.05, 0) is 0 Å². The number of sulfonamides is 1. The molecular weight excluding hydrogens is 265 g/mol. The van der Waals surface area contributed by atoms with Crippen LogP contribution in [-0.4, -0.2) is 66.9 Å². The van der Waals surface area contributed by atoms with Crippen LogP contribution in [0.4, 0.5) is 13.2 Å². The third kappa shape index (κ3) is 3.30. The van der Waals surface area contributed by atoms with Crippen LogP contribution in [0.25, 0.3) is 0 Å². The Hall–Kier alpha value is -0.870. The number of aliphatic carboxylic acids is 1. The molecule has 0 aromatic rings. The number of hydrogen-bond donors (Lipinski definition) is 1. The summed E-state index contributed by atoms with van der Waals surface area (Å²) in [4.78, 5) is 11.7. The minimum absolute atomic E-state index is 0.0262. The molecular formula is C7H11F3N2O4S. The molecule has 0 saturated carbocycles. The molecule has 0 aromatic carbocycles. The first-order valence-electron chi connectivity index (χ1n) is 4.65. The first kappa shape index (κ1) is 14.2. The Bertz CT molecular complexity index is 386. The Morgan fingerprint density at radius 2 is 1.65 bits per heavy atom. The highest BCUT2D eigenvalue weighted by atomic mass is 32.2. The van der Waals surface area contributed by atoms with Crippen LogP contribution < -0.4 is 0 Å². The number of hydrogen-bond acceptors (Lipinski definition) is 4. The van der Waals surface area contributed by atoms with Gasteiger partial charge in [0.05, 0.1) is 6.54 Å². The predicted molar refractivity (Wildman–Crippen MR) is 50.6 cm³/mol. The average Bonchev–Trinajstić information content (AvgIpc) is 2.15. The van der Waals surface area contributed by atoms with Crippen molar-refractivity contribution in [3.8, 4) is 0 Å². The summed E-state index contributed by atoms with van der Waals surface area (Å²) in [5.74, 6) is -1.10. The van der Waals surface area contributed by atoms with Gasteiger partial charge < -0.3 is 5.11 Å². The van der Waals surface area contributed by atoms with Gasteiger partial charge in [0.25, 0.3) is 0 Å². The largest absolute Gasteiger partial charge is 0.511 e. The topological polar surface area (TPSA) is 77.9 Å². The second-order valence-corrected chi connectivity index (χ2v) is 5.45. The van der Waals surface area contributed by atoms with Gasteiger partial charge in [0.2, 0.25) is 0 Å². The fourth-order valence-electron chi connectivity index (χ4n) is 1.47. The van der Waals surface area contributed by atoms with Crippen molar-refractivity contribution in [3.63, 3.8) is 0 Å². The summed E-state index contributed by atoms with van der Waals surface area (Å²) in [7, 11) is -5.29. The van der Waals surface area contributed by atoms with Gasteiger partial charge in [-0.25, -0.2) is 8.42 Å². The van der Waals surface area contributed by atoms with Crippen molar-refractivity contribution in [2.24, 2.45) is 0 Å². The van der Waals surface area contributed by atoms with Crippen molar-refractivity contribution >= 4 is 16.0 Å². The van der Waals surface area contributed by atoms with Gasteiger partial charge in [-0.2, -0.15) is 17.5 Å². The second-order valence-electron chi connectivity index (χ2n) is 3.52. The monoisotopic (exact) mass is 276 g/mol. The number of carboxylic acids is 1. The Morgan fingerprint density at radius 1 is 1.18 bits per heavy atom. The molecule has 0 atom stereocenters. The van der Waals surface area contributed by atoms with Gasteiger partial charge in [-0.3, -0.25) is 9.69 Å². The average molecular weight is 276 g/mol. The van der Waals surface area contributed by atoms with Crippen LogP contribution in [-0.2, 0) is 14.8 Å². The minimum atomic E-state index is -5.30. The molecule has 1 rings (SSSR count). The predicted octanol–water partition coefficient (Wildman–Crippen LogP) is -0.462. The van der Waals surface area contributed by atoms with E-state index in [0.29, 0.717) is 4.31 Å². The molecule has 0 aliphatic carbocycles. The summed E-state index contributed by atoms with van der Waals surface area (Å²) in [6, 6.07) is 0. The third-order valence-electron chi connectivity index (χ3n) is 2.32. The van der Waals surface area contributed by atoms with Gasteiger partial charge in [-0.1, -0.05) is 0 Å². The molecule has 6 nitrogen and oxygen atoms in total. The van der Waals surface area contributed by atoms with Gasteiger partial charge >= 0.3 is 21.5 Å². The number of piperazine rings is 1. The molecule has 17 heavy (non-hydrogen) atoms. The van der Waals surface area contributed by atoms with Crippen LogP contribution in [0, 0.1) is 0 Å². The first-order valence-corrected chi connectivity index (χ1v) is 6.09. The van der Waals surface area contributed by atoms with E-state index in [0.717, 1.165) is 0 Å². The van der Waals surface area contributed by atoms with E-state index in [9.17, 15) is 26.4 Å². The maximum atomic E-state index is 12.2. The van der Waals surface area contributed by atoms with Crippen molar-refractivity contribution in [3.05, 3.63) is 0 Å². The molecule has 10 heteroatoms. The smallest absolute Gasteiger partial charge is 0.480 e. The number of alkyl halides is 3. The summed E-state index contributed by atoms with van der Waals surface area (Å²) in [5, 5.41) is 8.47. The normalized spacial score (nSPS) is 20.4.